The molecule has 3 aromatic rings. The maximum absolute atomic E-state index is 12.5. The third kappa shape index (κ3) is 3.74. The minimum absolute atomic E-state index is 0.149. The third-order valence-electron chi connectivity index (χ3n) is 4.47. The minimum Gasteiger partial charge on any atom is -0.365 e. The fraction of sp³-hybridized carbons (Fsp3) is 0.190. The summed E-state index contributed by atoms with van der Waals surface area (Å²) in [7, 11) is 0. The molecular weight excluding hydrogens is 340 g/mol. The number of nitrogens with one attached hydrogen (secondary N) is 1. The molecule has 0 saturated heterocycles. The third-order valence-corrected chi connectivity index (χ3v) is 4.47. The quantitative estimate of drug-likeness (QED) is 0.729. The molecule has 1 heterocycles. The van der Waals surface area contributed by atoms with E-state index < -0.39 is 5.91 Å². The molecule has 0 fully saturated rings. The van der Waals surface area contributed by atoms with E-state index in [-0.39, 0.29) is 5.91 Å². The monoisotopic (exact) mass is 362 g/mol. The van der Waals surface area contributed by atoms with E-state index in [1.165, 1.54) is 6.20 Å². The predicted octanol–water partition coefficient (Wildman–Crippen LogP) is 3.40. The standard InChI is InChI=1S/C21H22N4O2/c1-4-19-18(20(22)26)12-23-25(19)16-8-6-15(7-9-16)24-21(27)17-10-5-13(2)11-14(17)3/h5-12H,4H2,1-3H3,(H2,22,26)(H,24,27). The number of aromatic nitrogens is 2. The Morgan fingerprint density at radius 3 is 2.37 bits per heavy atom. The highest BCUT2D eigenvalue weighted by atomic mass is 16.2. The van der Waals surface area contributed by atoms with Gasteiger partial charge in [-0.05, 0) is 56.2 Å². The largest absolute Gasteiger partial charge is 0.365 e. The number of amides is 2. The van der Waals surface area contributed by atoms with E-state index in [4.69, 9.17) is 5.73 Å². The summed E-state index contributed by atoms with van der Waals surface area (Å²) in [5.41, 5.74) is 10.8. The van der Waals surface area contributed by atoms with Crippen LogP contribution in [0.4, 0.5) is 5.69 Å². The van der Waals surface area contributed by atoms with Crippen LogP contribution in [-0.4, -0.2) is 21.6 Å². The zero-order valence-corrected chi connectivity index (χ0v) is 15.6. The molecule has 6 nitrogen and oxygen atoms in total. The number of nitrogens with two attached hydrogens (primary N) is 1. The number of aryl methyl sites for hydroxylation is 2. The van der Waals surface area contributed by atoms with Gasteiger partial charge >= 0.3 is 0 Å². The normalized spacial score (nSPS) is 10.6. The molecule has 3 rings (SSSR count). The van der Waals surface area contributed by atoms with E-state index in [1.54, 1.807) is 4.68 Å². The first-order valence-electron chi connectivity index (χ1n) is 8.76. The molecule has 6 heteroatoms. The Morgan fingerprint density at radius 2 is 1.78 bits per heavy atom. The summed E-state index contributed by atoms with van der Waals surface area (Å²) in [4.78, 5) is 24.0. The van der Waals surface area contributed by atoms with Crippen LogP contribution in [0.5, 0.6) is 0 Å². The second kappa shape index (κ2) is 7.45. The molecule has 1 aromatic heterocycles. The predicted molar refractivity (Wildman–Crippen MR) is 105 cm³/mol. The number of carbonyl (C=O) groups is 2. The van der Waals surface area contributed by atoms with Crippen LogP contribution >= 0.6 is 0 Å². The van der Waals surface area contributed by atoms with E-state index in [9.17, 15) is 9.59 Å². The fourth-order valence-electron chi connectivity index (χ4n) is 3.10. The maximum atomic E-state index is 12.5. The van der Waals surface area contributed by atoms with Crippen LogP contribution in [-0.2, 0) is 6.42 Å². The molecule has 0 bridgehead atoms. The zero-order valence-electron chi connectivity index (χ0n) is 15.6. The van der Waals surface area contributed by atoms with Crippen molar-refractivity contribution in [3.63, 3.8) is 0 Å². The minimum atomic E-state index is -0.490. The van der Waals surface area contributed by atoms with Gasteiger partial charge in [0.05, 0.1) is 23.1 Å². The number of benzene rings is 2. The highest BCUT2D eigenvalue weighted by Crippen LogP contribution is 2.19. The van der Waals surface area contributed by atoms with Gasteiger partial charge in [-0.15, -0.1) is 0 Å². The number of hydrogen-bond donors (Lipinski definition) is 2. The number of carbonyl (C=O) groups excluding carboxylic acids is 2. The van der Waals surface area contributed by atoms with E-state index in [0.29, 0.717) is 23.2 Å². The summed E-state index contributed by atoms with van der Waals surface area (Å²) in [6.45, 7) is 5.86. The smallest absolute Gasteiger partial charge is 0.255 e. The number of primary amides is 1. The Bertz CT molecular complexity index is 1000. The van der Waals surface area contributed by atoms with Gasteiger partial charge in [-0.3, -0.25) is 9.59 Å². The summed E-state index contributed by atoms with van der Waals surface area (Å²) < 4.78 is 1.69. The highest BCUT2D eigenvalue weighted by molar-refractivity contribution is 6.05. The summed E-state index contributed by atoms with van der Waals surface area (Å²) in [6.07, 6.45) is 2.11. The SMILES string of the molecule is CCc1c(C(N)=O)cnn1-c1ccc(NC(=O)c2ccc(C)cc2C)cc1. The summed E-state index contributed by atoms with van der Waals surface area (Å²) in [5.74, 6) is -0.639. The first kappa shape index (κ1) is 18.4. The van der Waals surface area contributed by atoms with E-state index in [1.807, 2.05) is 63.2 Å². The lowest BCUT2D eigenvalue weighted by molar-refractivity contribution is 0.0996. The van der Waals surface area contributed by atoms with Crippen molar-refractivity contribution < 1.29 is 9.59 Å². The molecule has 0 spiro atoms. The first-order valence-corrected chi connectivity index (χ1v) is 8.76. The molecule has 0 aliphatic heterocycles. The van der Waals surface area contributed by atoms with Crippen molar-refractivity contribution >= 4 is 17.5 Å². The first-order chi connectivity index (χ1) is 12.9. The number of nitrogens with zero attached hydrogens (tertiary/aromatic N) is 2. The molecular formula is C21H22N4O2. The number of rotatable bonds is 5. The summed E-state index contributed by atoms with van der Waals surface area (Å²) in [5, 5.41) is 7.17. The van der Waals surface area contributed by atoms with Gasteiger partial charge in [0, 0.05) is 11.3 Å². The lowest BCUT2D eigenvalue weighted by Crippen LogP contribution is -2.14. The van der Waals surface area contributed by atoms with Crippen molar-refractivity contribution in [2.24, 2.45) is 5.73 Å². The van der Waals surface area contributed by atoms with Crippen molar-refractivity contribution in [1.82, 2.24) is 9.78 Å². The second-order valence-electron chi connectivity index (χ2n) is 6.45. The Labute approximate surface area is 158 Å². The number of hydrogen-bond acceptors (Lipinski definition) is 3. The van der Waals surface area contributed by atoms with Crippen LogP contribution in [0.1, 0.15) is 44.5 Å². The molecule has 0 aliphatic carbocycles. The van der Waals surface area contributed by atoms with Crippen molar-refractivity contribution in [3.8, 4) is 5.69 Å². The van der Waals surface area contributed by atoms with Crippen LogP contribution in [0.25, 0.3) is 5.69 Å². The second-order valence-corrected chi connectivity index (χ2v) is 6.45. The Kier molecular flexibility index (Phi) is 5.07. The van der Waals surface area contributed by atoms with Crippen LogP contribution < -0.4 is 11.1 Å². The van der Waals surface area contributed by atoms with Crippen LogP contribution in [0.3, 0.4) is 0 Å². The summed E-state index contributed by atoms with van der Waals surface area (Å²) >= 11 is 0. The van der Waals surface area contributed by atoms with Crippen molar-refractivity contribution in [2.45, 2.75) is 27.2 Å². The molecule has 0 saturated carbocycles. The Hall–Kier alpha value is -3.41. The molecule has 138 valence electrons. The van der Waals surface area contributed by atoms with Crippen molar-refractivity contribution in [1.29, 1.82) is 0 Å². The molecule has 0 aliphatic rings. The Morgan fingerprint density at radius 1 is 1.07 bits per heavy atom. The molecule has 2 aromatic carbocycles. The van der Waals surface area contributed by atoms with E-state index >= 15 is 0 Å². The maximum Gasteiger partial charge on any atom is 0.255 e. The van der Waals surface area contributed by atoms with Gasteiger partial charge in [-0.1, -0.05) is 24.6 Å². The van der Waals surface area contributed by atoms with Crippen LogP contribution in [0.2, 0.25) is 0 Å². The number of anilines is 1. The van der Waals surface area contributed by atoms with Crippen molar-refractivity contribution in [3.05, 3.63) is 76.6 Å². The average Bonchev–Trinajstić information content (AvgIpc) is 3.06. The average molecular weight is 362 g/mol. The molecule has 0 unspecified atom stereocenters. The van der Waals surface area contributed by atoms with Crippen LogP contribution in [0, 0.1) is 13.8 Å². The van der Waals surface area contributed by atoms with Gasteiger partial charge < -0.3 is 11.1 Å². The lowest BCUT2D eigenvalue weighted by Gasteiger charge is -2.10. The van der Waals surface area contributed by atoms with E-state index in [2.05, 4.69) is 10.4 Å². The lowest BCUT2D eigenvalue weighted by atomic mass is 10.1. The fourth-order valence-corrected chi connectivity index (χ4v) is 3.10. The molecule has 0 radical (unpaired) electrons. The summed E-state index contributed by atoms with van der Waals surface area (Å²) in [6, 6.07) is 13.0. The van der Waals surface area contributed by atoms with Crippen LogP contribution in [0.15, 0.2) is 48.7 Å². The highest BCUT2D eigenvalue weighted by Gasteiger charge is 2.15. The van der Waals surface area contributed by atoms with Gasteiger partial charge in [0.15, 0.2) is 0 Å². The van der Waals surface area contributed by atoms with Gasteiger partial charge in [0.25, 0.3) is 11.8 Å². The molecule has 27 heavy (non-hydrogen) atoms. The van der Waals surface area contributed by atoms with Gasteiger partial charge in [0.2, 0.25) is 0 Å². The zero-order chi connectivity index (χ0) is 19.6. The topological polar surface area (TPSA) is 90.0 Å². The molecule has 0 atom stereocenters. The van der Waals surface area contributed by atoms with Gasteiger partial charge in [0.1, 0.15) is 0 Å². The Balaban J connectivity index is 1.82. The van der Waals surface area contributed by atoms with Gasteiger partial charge in [-0.2, -0.15) is 5.10 Å². The van der Waals surface area contributed by atoms with E-state index in [0.717, 1.165) is 22.5 Å². The molecule has 3 N–H and O–H groups in total. The van der Waals surface area contributed by atoms with Gasteiger partial charge in [-0.25, -0.2) is 4.68 Å². The van der Waals surface area contributed by atoms with Crippen molar-refractivity contribution in [2.75, 3.05) is 5.32 Å². The molecule has 2 amide bonds.